The third-order valence-electron chi connectivity index (χ3n) is 2.68. The van der Waals surface area contributed by atoms with E-state index in [4.69, 9.17) is 0 Å². The lowest BCUT2D eigenvalue weighted by Gasteiger charge is -2.28. The molecule has 0 aromatic rings. The minimum atomic E-state index is 0.844. The number of hydrogen-bond acceptors (Lipinski definition) is 0. The fraction of sp³-hybridized carbons (Fsp3) is 0.538. The van der Waals surface area contributed by atoms with Crippen LogP contribution in [0, 0.1) is 17.8 Å². The summed E-state index contributed by atoms with van der Waals surface area (Å²) in [5.41, 5.74) is 1.56. The zero-order chi connectivity index (χ0) is 9.52. The maximum absolute atomic E-state index is 3.76. The monoisotopic (exact) mass is 174 g/mol. The molecule has 0 heterocycles. The molecule has 0 saturated heterocycles. The molecule has 1 saturated carbocycles. The first-order chi connectivity index (χ1) is 6.38. The van der Waals surface area contributed by atoms with Crippen molar-refractivity contribution in [3.63, 3.8) is 0 Å². The van der Waals surface area contributed by atoms with Crippen molar-refractivity contribution in [2.24, 2.45) is 5.92 Å². The van der Waals surface area contributed by atoms with Crippen LogP contribution in [0.2, 0.25) is 0 Å². The predicted molar refractivity (Wildman–Crippen MR) is 58.3 cm³/mol. The van der Waals surface area contributed by atoms with E-state index in [1.54, 1.807) is 5.57 Å². The maximum atomic E-state index is 3.76. The van der Waals surface area contributed by atoms with Crippen LogP contribution < -0.4 is 0 Å². The van der Waals surface area contributed by atoms with Gasteiger partial charge in [0.1, 0.15) is 0 Å². The summed E-state index contributed by atoms with van der Waals surface area (Å²) in [6.07, 6.45) is 10.4. The average molecular weight is 174 g/mol. The van der Waals surface area contributed by atoms with Crippen molar-refractivity contribution >= 4 is 0 Å². The van der Waals surface area contributed by atoms with Crippen LogP contribution in [0.4, 0.5) is 0 Å². The Bertz CT molecular complexity index is 243. The van der Waals surface area contributed by atoms with E-state index in [1.807, 2.05) is 13.0 Å². The van der Waals surface area contributed by atoms with E-state index in [0.29, 0.717) is 0 Å². The van der Waals surface area contributed by atoms with E-state index >= 15 is 0 Å². The van der Waals surface area contributed by atoms with Gasteiger partial charge in [-0.2, -0.15) is 0 Å². The van der Waals surface area contributed by atoms with Gasteiger partial charge in [-0.3, -0.25) is 0 Å². The average Bonchev–Trinajstić information content (AvgIpc) is 2.02. The Hall–Kier alpha value is -0.960. The summed E-state index contributed by atoms with van der Waals surface area (Å²) < 4.78 is 0. The van der Waals surface area contributed by atoms with Crippen molar-refractivity contribution < 1.29 is 0 Å². The fourth-order valence-electron chi connectivity index (χ4n) is 1.69. The predicted octanol–water partition coefficient (Wildman–Crippen LogP) is 3.70. The highest BCUT2D eigenvalue weighted by molar-refractivity contribution is 5.17. The van der Waals surface area contributed by atoms with Gasteiger partial charge in [-0.15, -0.1) is 11.8 Å². The highest BCUT2D eigenvalue weighted by Crippen LogP contribution is 2.35. The lowest BCUT2D eigenvalue weighted by atomic mass is 9.78. The third kappa shape index (κ3) is 3.11. The second-order valence-electron chi connectivity index (χ2n) is 3.53. The summed E-state index contributed by atoms with van der Waals surface area (Å²) >= 11 is 0. The van der Waals surface area contributed by atoms with Crippen molar-refractivity contribution in [1.29, 1.82) is 0 Å². The van der Waals surface area contributed by atoms with Crippen molar-refractivity contribution in [2.75, 3.05) is 0 Å². The Labute approximate surface area is 81.7 Å². The summed E-state index contributed by atoms with van der Waals surface area (Å²) in [7, 11) is 0. The molecule has 0 heteroatoms. The van der Waals surface area contributed by atoms with Gasteiger partial charge in [0, 0.05) is 6.42 Å². The highest BCUT2D eigenvalue weighted by Gasteiger charge is 2.20. The molecule has 0 spiro atoms. The lowest BCUT2D eigenvalue weighted by molar-refractivity contribution is 0.359. The zero-order valence-electron chi connectivity index (χ0n) is 8.47. The van der Waals surface area contributed by atoms with Crippen LogP contribution in [0.3, 0.4) is 0 Å². The van der Waals surface area contributed by atoms with Gasteiger partial charge in [0.2, 0.25) is 0 Å². The summed E-state index contributed by atoms with van der Waals surface area (Å²) in [6.45, 7) is 5.66. The molecule has 0 nitrogen and oxygen atoms in total. The Morgan fingerprint density at radius 1 is 1.54 bits per heavy atom. The van der Waals surface area contributed by atoms with Gasteiger partial charge in [0.25, 0.3) is 0 Å². The molecule has 0 radical (unpaired) electrons. The molecule has 0 amide bonds. The SMILES string of the molecule is C=CC=C(CCC#CC)C1CCC1. The number of rotatable bonds is 4. The molecule has 0 aromatic heterocycles. The van der Waals surface area contributed by atoms with E-state index in [9.17, 15) is 0 Å². The quantitative estimate of drug-likeness (QED) is 0.450. The Morgan fingerprint density at radius 3 is 2.77 bits per heavy atom. The molecule has 0 atom stereocenters. The Morgan fingerprint density at radius 2 is 2.31 bits per heavy atom. The van der Waals surface area contributed by atoms with Crippen LogP contribution >= 0.6 is 0 Å². The van der Waals surface area contributed by atoms with E-state index in [2.05, 4.69) is 24.5 Å². The minimum Gasteiger partial charge on any atom is -0.107 e. The van der Waals surface area contributed by atoms with Crippen molar-refractivity contribution in [3.8, 4) is 11.8 Å². The smallest absolute Gasteiger partial charge is 0.0126 e. The van der Waals surface area contributed by atoms with Crippen LogP contribution in [0.5, 0.6) is 0 Å². The van der Waals surface area contributed by atoms with Gasteiger partial charge in [-0.25, -0.2) is 0 Å². The van der Waals surface area contributed by atoms with Gasteiger partial charge >= 0.3 is 0 Å². The molecule has 1 aliphatic rings. The number of hydrogen-bond donors (Lipinski definition) is 0. The lowest BCUT2D eigenvalue weighted by Crippen LogP contribution is -2.13. The standard InChI is InChI=1S/C13H18/c1-3-5-6-9-12(8-4-2)13-10-7-11-13/h4,8,13H,2,6-7,9-11H2,1H3. The highest BCUT2D eigenvalue weighted by atomic mass is 14.3. The van der Waals surface area contributed by atoms with E-state index in [0.717, 1.165) is 18.8 Å². The molecular formula is C13H18. The van der Waals surface area contributed by atoms with Gasteiger partial charge in [0.15, 0.2) is 0 Å². The first kappa shape index (κ1) is 10.1. The summed E-state index contributed by atoms with van der Waals surface area (Å²) in [5, 5.41) is 0. The molecule has 0 unspecified atom stereocenters. The Balaban J connectivity index is 2.40. The normalized spacial score (nSPS) is 17.2. The van der Waals surface area contributed by atoms with Crippen LogP contribution in [-0.2, 0) is 0 Å². The second-order valence-corrected chi connectivity index (χ2v) is 3.53. The second kappa shape index (κ2) is 5.65. The molecule has 13 heavy (non-hydrogen) atoms. The molecular weight excluding hydrogens is 156 g/mol. The number of allylic oxidation sites excluding steroid dienone is 3. The van der Waals surface area contributed by atoms with E-state index < -0.39 is 0 Å². The van der Waals surface area contributed by atoms with Crippen molar-refractivity contribution in [2.45, 2.75) is 39.0 Å². The summed E-state index contributed by atoms with van der Waals surface area (Å²) in [6, 6.07) is 0. The van der Waals surface area contributed by atoms with E-state index in [-0.39, 0.29) is 0 Å². The van der Waals surface area contributed by atoms with Crippen LogP contribution in [0.15, 0.2) is 24.3 Å². The first-order valence-corrected chi connectivity index (χ1v) is 5.09. The third-order valence-corrected chi connectivity index (χ3v) is 2.68. The largest absolute Gasteiger partial charge is 0.107 e. The molecule has 0 bridgehead atoms. The van der Waals surface area contributed by atoms with Crippen LogP contribution in [-0.4, -0.2) is 0 Å². The van der Waals surface area contributed by atoms with Gasteiger partial charge < -0.3 is 0 Å². The zero-order valence-corrected chi connectivity index (χ0v) is 8.47. The fourth-order valence-corrected chi connectivity index (χ4v) is 1.69. The molecule has 0 aromatic carbocycles. The van der Waals surface area contributed by atoms with Crippen LogP contribution in [0.25, 0.3) is 0 Å². The van der Waals surface area contributed by atoms with E-state index in [1.165, 1.54) is 19.3 Å². The summed E-state index contributed by atoms with van der Waals surface area (Å²) in [5.74, 6) is 6.90. The molecule has 0 N–H and O–H groups in total. The van der Waals surface area contributed by atoms with Crippen LogP contribution in [0.1, 0.15) is 39.0 Å². The molecule has 1 aliphatic carbocycles. The van der Waals surface area contributed by atoms with Gasteiger partial charge in [-0.1, -0.05) is 30.7 Å². The van der Waals surface area contributed by atoms with Gasteiger partial charge in [-0.05, 0) is 32.1 Å². The maximum Gasteiger partial charge on any atom is 0.0126 e. The minimum absolute atomic E-state index is 0.844. The molecule has 1 fully saturated rings. The summed E-state index contributed by atoms with van der Waals surface area (Å²) in [4.78, 5) is 0. The molecule has 70 valence electrons. The van der Waals surface area contributed by atoms with Crippen molar-refractivity contribution in [3.05, 3.63) is 24.3 Å². The van der Waals surface area contributed by atoms with Gasteiger partial charge in [0.05, 0.1) is 0 Å². The van der Waals surface area contributed by atoms with Crippen molar-refractivity contribution in [1.82, 2.24) is 0 Å². The molecule has 1 rings (SSSR count). The first-order valence-electron chi connectivity index (χ1n) is 5.09. The Kier molecular flexibility index (Phi) is 4.40. The topological polar surface area (TPSA) is 0 Å². The molecule has 0 aliphatic heterocycles.